The molecule has 0 heterocycles. The highest BCUT2D eigenvalue weighted by atomic mass is 19.1. The van der Waals surface area contributed by atoms with E-state index in [1.807, 2.05) is 25.1 Å². The van der Waals surface area contributed by atoms with Gasteiger partial charge in [0, 0.05) is 38.4 Å². The van der Waals surface area contributed by atoms with Gasteiger partial charge < -0.3 is 15.5 Å². The molecule has 19 heavy (non-hydrogen) atoms. The van der Waals surface area contributed by atoms with E-state index in [0.29, 0.717) is 12.1 Å². The Bertz CT molecular complexity index is 468. The summed E-state index contributed by atoms with van der Waals surface area (Å²) >= 11 is 0. The number of anilines is 1. The molecule has 0 amide bonds. The van der Waals surface area contributed by atoms with Gasteiger partial charge in [-0.25, -0.2) is 4.39 Å². The minimum Gasteiger partial charge on any atom is -0.385 e. The van der Waals surface area contributed by atoms with E-state index in [1.165, 1.54) is 6.07 Å². The molecule has 0 saturated heterocycles. The molecule has 0 atom stereocenters. The topological polar surface area (TPSA) is 27.3 Å². The highest BCUT2D eigenvalue weighted by molar-refractivity contribution is 5.45. The average molecular weight is 263 g/mol. The zero-order valence-electron chi connectivity index (χ0n) is 11.9. The first-order valence-electron chi connectivity index (χ1n) is 6.24. The van der Waals surface area contributed by atoms with Crippen LogP contribution in [-0.4, -0.2) is 25.5 Å². The van der Waals surface area contributed by atoms with Crippen LogP contribution in [0.5, 0.6) is 0 Å². The van der Waals surface area contributed by atoms with Crippen molar-refractivity contribution in [1.29, 1.82) is 0 Å². The average Bonchev–Trinajstić information content (AvgIpc) is 2.40. The van der Waals surface area contributed by atoms with Crippen LogP contribution < -0.4 is 10.6 Å². The van der Waals surface area contributed by atoms with Gasteiger partial charge in [0.15, 0.2) is 0 Å². The number of hydrogen-bond donors (Lipinski definition) is 2. The molecule has 1 aromatic carbocycles. The number of halogens is 1. The van der Waals surface area contributed by atoms with Crippen molar-refractivity contribution in [1.82, 2.24) is 10.2 Å². The summed E-state index contributed by atoms with van der Waals surface area (Å²) in [6.07, 6.45) is 0.757. The van der Waals surface area contributed by atoms with Crippen LogP contribution in [0, 0.1) is 12.7 Å². The van der Waals surface area contributed by atoms with E-state index < -0.39 is 0 Å². The molecule has 0 spiro atoms. The highest BCUT2D eigenvalue weighted by Gasteiger charge is 2.04. The Balaban J connectivity index is 2.43. The third-order valence-electron chi connectivity index (χ3n) is 3.08. The largest absolute Gasteiger partial charge is 0.385 e. The minimum atomic E-state index is -0.190. The monoisotopic (exact) mass is 263 g/mol. The molecule has 3 nitrogen and oxygen atoms in total. The van der Waals surface area contributed by atoms with Crippen molar-refractivity contribution in [3.05, 3.63) is 54.3 Å². The molecule has 104 valence electrons. The van der Waals surface area contributed by atoms with E-state index in [1.54, 1.807) is 13.0 Å². The summed E-state index contributed by atoms with van der Waals surface area (Å²) in [4.78, 5) is 1.90. The van der Waals surface area contributed by atoms with Crippen molar-refractivity contribution >= 4 is 5.69 Å². The third-order valence-corrected chi connectivity index (χ3v) is 3.08. The van der Waals surface area contributed by atoms with E-state index in [9.17, 15) is 4.39 Å². The zero-order valence-corrected chi connectivity index (χ0v) is 11.9. The Labute approximate surface area is 114 Å². The number of rotatable bonds is 7. The number of nitrogens with one attached hydrogen (secondary N) is 2. The third kappa shape index (κ3) is 4.32. The molecule has 0 saturated carbocycles. The minimum absolute atomic E-state index is 0.190. The molecule has 0 aliphatic heterocycles. The second-order valence-electron chi connectivity index (χ2n) is 4.46. The van der Waals surface area contributed by atoms with E-state index >= 15 is 0 Å². The Morgan fingerprint density at radius 1 is 1.37 bits per heavy atom. The van der Waals surface area contributed by atoms with Crippen LogP contribution in [0.4, 0.5) is 10.1 Å². The van der Waals surface area contributed by atoms with Crippen molar-refractivity contribution in [3.63, 3.8) is 0 Å². The predicted octanol–water partition coefficient (Wildman–Crippen LogP) is 3.07. The van der Waals surface area contributed by atoms with Crippen molar-refractivity contribution in [2.75, 3.05) is 26.0 Å². The van der Waals surface area contributed by atoms with Crippen molar-refractivity contribution in [2.24, 2.45) is 0 Å². The van der Waals surface area contributed by atoms with Crippen LogP contribution in [0.3, 0.4) is 0 Å². The predicted molar refractivity (Wildman–Crippen MR) is 79.3 cm³/mol. The highest BCUT2D eigenvalue weighted by Crippen LogP contribution is 2.14. The number of nitrogens with zero attached hydrogens (tertiary/aromatic N) is 1. The Kier molecular flexibility index (Phi) is 5.42. The summed E-state index contributed by atoms with van der Waals surface area (Å²) in [5.74, 6) is 0.607. The molecule has 0 aliphatic rings. The standard InChI is InChI=1S/C15H22FN3/c1-11-6-7-14(10-15(11)16)18-9-8-12(2)19(5)13(3)17-4/h6-7,10,17-18H,2-3,8-9H2,1,4-5H3. The second kappa shape index (κ2) is 6.83. The molecule has 1 rings (SSSR count). The summed E-state index contributed by atoms with van der Waals surface area (Å²) in [5, 5.41) is 6.15. The lowest BCUT2D eigenvalue weighted by atomic mass is 10.2. The number of hydrogen-bond acceptors (Lipinski definition) is 3. The smallest absolute Gasteiger partial charge is 0.128 e. The lowest BCUT2D eigenvalue weighted by molar-refractivity contribution is 0.470. The molecule has 4 heteroatoms. The fourth-order valence-corrected chi connectivity index (χ4v) is 1.58. The van der Waals surface area contributed by atoms with Gasteiger partial charge in [0.2, 0.25) is 0 Å². The van der Waals surface area contributed by atoms with Crippen LogP contribution in [0.25, 0.3) is 0 Å². The maximum absolute atomic E-state index is 13.4. The molecule has 0 bridgehead atoms. The fraction of sp³-hybridized carbons (Fsp3) is 0.333. The van der Waals surface area contributed by atoms with E-state index in [2.05, 4.69) is 23.8 Å². The molecule has 1 aromatic rings. The van der Waals surface area contributed by atoms with Crippen LogP contribution in [0.15, 0.2) is 42.9 Å². The van der Waals surface area contributed by atoms with Crippen molar-refractivity contribution < 1.29 is 4.39 Å². The molecule has 0 aliphatic carbocycles. The summed E-state index contributed by atoms with van der Waals surface area (Å²) in [6, 6.07) is 5.15. The van der Waals surface area contributed by atoms with Crippen molar-refractivity contribution in [2.45, 2.75) is 13.3 Å². The summed E-state index contributed by atoms with van der Waals surface area (Å²) in [6.45, 7) is 10.3. The lowest BCUT2D eigenvalue weighted by Crippen LogP contribution is -2.25. The van der Waals surface area contributed by atoms with Crippen molar-refractivity contribution in [3.8, 4) is 0 Å². The van der Waals surface area contributed by atoms with E-state index in [4.69, 9.17) is 0 Å². The number of benzene rings is 1. The van der Waals surface area contributed by atoms with Gasteiger partial charge in [-0.3, -0.25) is 0 Å². The summed E-state index contributed by atoms with van der Waals surface area (Å²) in [7, 11) is 3.73. The van der Waals surface area contributed by atoms with Gasteiger partial charge in [-0.05, 0) is 24.6 Å². The van der Waals surface area contributed by atoms with Crippen LogP contribution in [0.2, 0.25) is 0 Å². The lowest BCUT2D eigenvalue weighted by Gasteiger charge is -2.23. The molecule has 0 unspecified atom stereocenters. The SMILES string of the molecule is C=C(CCNc1ccc(C)c(F)c1)N(C)C(=C)NC. The zero-order chi connectivity index (χ0) is 14.4. The quantitative estimate of drug-likeness (QED) is 0.791. The molecule has 0 radical (unpaired) electrons. The Morgan fingerprint density at radius 3 is 2.63 bits per heavy atom. The van der Waals surface area contributed by atoms with Gasteiger partial charge in [0.25, 0.3) is 0 Å². The van der Waals surface area contributed by atoms with Crippen LogP contribution >= 0.6 is 0 Å². The Morgan fingerprint density at radius 2 is 2.05 bits per heavy atom. The first kappa shape index (κ1) is 15.1. The van der Waals surface area contributed by atoms with E-state index in [-0.39, 0.29) is 5.82 Å². The first-order chi connectivity index (χ1) is 8.95. The number of aryl methyl sites for hydroxylation is 1. The fourth-order valence-electron chi connectivity index (χ4n) is 1.58. The van der Waals surface area contributed by atoms with Gasteiger partial charge in [0.05, 0.1) is 5.82 Å². The molecular formula is C15H22FN3. The van der Waals surface area contributed by atoms with Gasteiger partial charge in [-0.2, -0.15) is 0 Å². The molecule has 0 fully saturated rings. The van der Waals surface area contributed by atoms with Gasteiger partial charge in [-0.15, -0.1) is 0 Å². The summed E-state index contributed by atoms with van der Waals surface area (Å²) in [5.41, 5.74) is 2.38. The maximum atomic E-state index is 13.4. The maximum Gasteiger partial charge on any atom is 0.128 e. The normalized spacial score (nSPS) is 9.89. The van der Waals surface area contributed by atoms with Crippen LogP contribution in [0.1, 0.15) is 12.0 Å². The summed E-state index contributed by atoms with van der Waals surface area (Å²) < 4.78 is 13.4. The van der Waals surface area contributed by atoms with Gasteiger partial charge in [0.1, 0.15) is 5.82 Å². The van der Waals surface area contributed by atoms with Crippen LogP contribution in [-0.2, 0) is 0 Å². The first-order valence-corrected chi connectivity index (χ1v) is 6.24. The second-order valence-corrected chi connectivity index (χ2v) is 4.46. The van der Waals surface area contributed by atoms with E-state index in [0.717, 1.165) is 23.6 Å². The Hall–Kier alpha value is -1.97. The molecule has 2 N–H and O–H groups in total. The van der Waals surface area contributed by atoms with Gasteiger partial charge in [-0.1, -0.05) is 19.2 Å². The molecular weight excluding hydrogens is 241 g/mol. The molecule has 0 aromatic heterocycles. The van der Waals surface area contributed by atoms with Gasteiger partial charge >= 0.3 is 0 Å².